The van der Waals surface area contributed by atoms with E-state index in [1.807, 2.05) is 6.07 Å². The third kappa shape index (κ3) is 7.07. The van der Waals surface area contributed by atoms with Gasteiger partial charge in [-0.05, 0) is 72.3 Å². The molecule has 3 aromatic rings. The molecule has 0 fully saturated rings. The molecule has 2 amide bonds. The van der Waals surface area contributed by atoms with Gasteiger partial charge in [0.05, 0.1) is 5.02 Å². The van der Waals surface area contributed by atoms with E-state index < -0.39 is 17.6 Å². The van der Waals surface area contributed by atoms with Gasteiger partial charge >= 0.3 is 0 Å². The van der Waals surface area contributed by atoms with Crippen LogP contribution < -0.4 is 15.4 Å². The van der Waals surface area contributed by atoms with Gasteiger partial charge in [-0.3, -0.25) is 9.59 Å². The summed E-state index contributed by atoms with van der Waals surface area (Å²) in [6.45, 7) is -0.320. The Morgan fingerprint density at radius 1 is 0.970 bits per heavy atom. The van der Waals surface area contributed by atoms with Crippen molar-refractivity contribution in [1.82, 2.24) is 0 Å². The smallest absolute Gasteiger partial charge is 0.266 e. The highest BCUT2D eigenvalue weighted by molar-refractivity contribution is 6.32. The third-order valence-corrected chi connectivity index (χ3v) is 4.77. The highest BCUT2D eigenvalue weighted by Gasteiger charge is 2.11. The molecular formula is C24H16Cl2FN3O3. The fourth-order valence-corrected chi connectivity index (χ4v) is 3.01. The largest absolute Gasteiger partial charge is 0.482 e. The van der Waals surface area contributed by atoms with Crippen LogP contribution in [0.25, 0.3) is 6.08 Å². The molecule has 2 N–H and O–H groups in total. The normalized spacial score (nSPS) is 10.8. The van der Waals surface area contributed by atoms with Crippen molar-refractivity contribution in [3.05, 3.63) is 93.7 Å². The van der Waals surface area contributed by atoms with Gasteiger partial charge in [0.25, 0.3) is 11.8 Å². The highest BCUT2D eigenvalue weighted by atomic mass is 35.5. The predicted molar refractivity (Wildman–Crippen MR) is 126 cm³/mol. The lowest BCUT2D eigenvalue weighted by atomic mass is 10.1. The van der Waals surface area contributed by atoms with Crippen molar-refractivity contribution in [2.75, 3.05) is 17.2 Å². The number of ether oxygens (including phenoxy) is 1. The topological polar surface area (TPSA) is 91.2 Å². The molecule has 0 bridgehead atoms. The van der Waals surface area contributed by atoms with Gasteiger partial charge < -0.3 is 15.4 Å². The van der Waals surface area contributed by atoms with Crippen molar-refractivity contribution in [2.24, 2.45) is 0 Å². The van der Waals surface area contributed by atoms with Gasteiger partial charge in [0, 0.05) is 16.4 Å². The first kappa shape index (κ1) is 23.8. The number of amides is 2. The number of nitrogens with one attached hydrogen (secondary N) is 2. The van der Waals surface area contributed by atoms with Crippen LogP contribution in [0.1, 0.15) is 5.56 Å². The summed E-state index contributed by atoms with van der Waals surface area (Å²) in [4.78, 5) is 24.4. The van der Waals surface area contributed by atoms with E-state index in [9.17, 15) is 19.2 Å². The number of benzene rings is 3. The van der Waals surface area contributed by atoms with E-state index >= 15 is 0 Å². The Hall–Kier alpha value is -3.86. The van der Waals surface area contributed by atoms with Gasteiger partial charge in [-0.15, -0.1) is 0 Å². The quantitative estimate of drug-likeness (QED) is 0.333. The monoisotopic (exact) mass is 483 g/mol. The number of rotatable bonds is 7. The van der Waals surface area contributed by atoms with Crippen molar-refractivity contribution in [1.29, 1.82) is 5.26 Å². The zero-order valence-corrected chi connectivity index (χ0v) is 18.5. The van der Waals surface area contributed by atoms with Gasteiger partial charge in [-0.2, -0.15) is 5.26 Å². The Labute approximate surface area is 199 Å². The lowest BCUT2D eigenvalue weighted by molar-refractivity contribution is -0.118. The van der Waals surface area contributed by atoms with Gasteiger partial charge in [0.2, 0.25) is 0 Å². The first-order valence-corrected chi connectivity index (χ1v) is 10.3. The average molecular weight is 484 g/mol. The molecule has 3 aromatic carbocycles. The maximum Gasteiger partial charge on any atom is 0.266 e. The Bertz CT molecular complexity index is 1240. The summed E-state index contributed by atoms with van der Waals surface area (Å²) < 4.78 is 18.4. The molecule has 0 unspecified atom stereocenters. The van der Waals surface area contributed by atoms with E-state index in [0.717, 1.165) is 0 Å². The summed E-state index contributed by atoms with van der Waals surface area (Å²) in [6.07, 6.45) is 1.38. The van der Waals surface area contributed by atoms with E-state index in [2.05, 4.69) is 10.6 Å². The van der Waals surface area contributed by atoms with Crippen LogP contribution in [0.5, 0.6) is 5.75 Å². The Morgan fingerprint density at radius 3 is 2.24 bits per heavy atom. The second-order valence-corrected chi connectivity index (χ2v) is 7.51. The van der Waals surface area contributed by atoms with Crippen molar-refractivity contribution in [3.8, 4) is 11.8 Å². The molecule has 0 saturated carbocycles. The summed E-state index contributed by atoms with van der Waals surface area (Å²) in [5.74, 6) is -1.21. The van der Waals surface area contributed by atoms with Crippen molar-refractivity contribution >= 4 is 52.5 Å². The molecule has 6 nitrogen and oxygen atoms in total. The number of carbonyl (C=O) groups is 2. The fourth-order valence-electron chi connectivity index (χ4n) is 2.64. The molecule has 0 spiro atoms. The first-order chi connectivity index (χ1) is 15.8. The van der Waals surface area contributed by atoms with Crippen LogP contribution in [0.2, 0.25) is 10.0 Å². The van der Waals surface area contributed by atoms with Crippen LogP contribution in [0.15, 0.2) is 72.3 Å². The minimum atomic E-state index is -0.589. The number of hydrogen-bond acceptors (Lipinski definition) is 4. The number of anilines is 2. The zero-order chi connectivity index (χ0) is 23.8. The molecule has 0 heterocycles. The first-order valence-electron chi connectivity index (χ1n) is 9.50. The lowest BCUT2D eigenvalue weighted by Gasteiger charge is -2.09. The van der Waals surface area contributed by atoms with Crippen LogP contribution in [0.4, 0.5) is 15.8 Å². The van der Waals surface area contributed by atoms with Gasteiger partial charge in [-0.1, -0.05) is 29.3 Å². The second kappa shape index (κ2) is 11.1. The van der Waals surface area contributed by atoms with Gasteiger partial charge in [0.15, 0.2) is 6.61 Å². The zero-order valence-electron chi connectivity index (χ0n) is 16.9. The summed E-state index contributed by atoms with van der Waals surface area (Å²) in [5.41, 5.74) is 1.28. The number of carbonyl (C=O) groups excluding carboxylic acids is 2. The van der Waals surface area contributed by atoms with Crippen molar-refractivity contribution in [3.63, 3.8) is 0 Å². The average Bonchev–Trinajstić information content (AvgIpc) is 2.80. The van der Waals surface area contributed by atoms with Gasteiger partial charge in [0.1, 0.15) is 23.2 Å². The molecule has 0 aliphatic heterocycles. The van der Waals surface area contributed by atoms with Crippen LogP contribution >= 0.6 is 23.2 Å². The van der Waals surface area contributed by atoms with E-state index in [4.69, 9.17) is 27.9 Å². The Balaban J connectivity index is 1.62. The minimum absolute atomic E-state index is 0.131. The number of nitrogens with zero attached hydrogens (tertiary/aromatic N) is 1. The van der Waals surface area contributed by atoms with Crippen LogP contribution in [0.3, 0.4) is 0 Å². The molecule has 0 aliphatic carbocycles. The van der Waals surface area contributed by atoms with Crippen LogP contribution in [0, 0.1) is 17.1 Å². The molecule has 0 aromatic heterocycles. The molecule has 9 heteroatoms. The van der Waals surface area contributed by atoms with Crippen molar-refractivity contribution < 1.29 is 18.7 Å². The van der Waals surface area contributed by atoms with E-state index in [1.165, 1.54) is 42.5 Å². The maximum absolute atomic E-state index is 12.9. The molecule has 0 atom stereocenters. The molecule has 3 rings (SSSR count). The highest BCUT2D eigenvalue weighted by Crippen LogP contribution is 2.27. The summed E-state index contributed by atoms with van der Waals surface area (Å²) in [6, 6.07) is 18.2. The fraction of sp³-hybridized carbons (Fsp3) is 0.0417. The molecule has 0 radical (unpaired) electrons. The molecular weight excluding hydrogens is 468 g/mol. The minimum Gasteiger partial charge on any atom is -0.482 e. The number of halogens is 3. The van der Waals surface area contributed by atoms with E-state index in [1.54, 1.807) is 30.3 Å². The Kier molecular flexibility index (Phi) is 8.03. The maximum atomic E-state index is 12.9. The molecule has 0 saturated heterocycles. The molecule has 33 heavy (non-hydrogen) atoms. The third-order valence-electron chi connectivity index (χ3n) is 4.22. The SMILES string of the molecule is N#CC(=Cc1ccc(OCC(=O)Nc2ccc(F)cc2)c(Cl)c1)C(=O)Nc1ccc(Cl)cc1. The summed E-state index contributed by atoms with van der Waals surface area (Å²) in [7, 11) is 0. The predicted octanol–water partition coefficient (Wildman–Crippen LogP) is 5.70. The molecule has 166 valence electrons. The van der Waals surface area contributed by atoms with Gasteiger partial charge in [-0.25, -0.2) is 4.39 Å². The van der Waals surface area contributed by atoms with E-state index in [-0.39, 0.29) is 23.0 Å². The van der Waals surface area contributed by atoms with E-state index in [0.29, 0.717) is 22.0 Å². The molecule has 0 aliphatic rings. The van der Waals surface area contributed by atoms with Crippen LogP contribution in [-0.4, -0.2) is 18.4 Å². The van der Waals surface area contributed by atoms with Crippen molar-refractivity contribution in [2.45, 2.75) is 0 Å². The number of nitriles is 1. The summed E-state index contributed by atoms with van der Waals surface area (Å²) >= 11 is 12.0. The second-order valence-electron chi connectivity index (χ2n) is 6.66. The van der Waals surface area contributed by atoms with Crippen LogP contribution in [-0.2, 0) is 9.59 Å². The summed E-state index contributed by atoms with van der Waals surface area (Å²) in [5, 5.41) is 15.3. The number of hydrogen-bond donors (Lipinski definition) is 2. The standard InChI is InChI=1S/C24H16Cl2FN3O3/c25-17-2-6-20(7-3-17)30-24(32)16(13-28)11-15-1-10-22(21(26)12-15)33-14-23(31)29-19-8-4-18(27)5-9-19/h1-12H,14H2,(H,29,31)(H,30,32). The Morgan fingerprint density at radius 2 is 1.61 bits per heavy atom. The lowest BCUT2D eigenvalue weighted by Crippen LogP contribution is -2.20.